The van der Waals surface area contributed by atoms with E-state index in [9.17, 15) is 4.79 Å². The van der Waals surface area contributed by atoms with E-state index in [0.717, 1.165) is 28.2 Å². The van der Waals surface area contributed by atoms with E-state index >= 15 is 0 Å². The molecule has 1 amide bonds. The summed E-state index contributed by atoms with van der Waals surface area (Å²) in [4.78, 5) is 10.6. The predicted molar refractivity (Wildman–Crippen MR) is 122 cm³/mol. The molecule has 2 aromatic rings. The summed E-state index contributed by atoms with van der Waals surface area (Å²) >= 11 is 7.19. The summed E-state index contributed by atoms with van der Waals surface area (Å²) < 4.78 is 6.90. The zero-order chi connectivity index (χ0) is 17.3. The van der Waals surface area contributed by atoms with E-state index in [1.54, 1.807) is 0 Å². The van der Waals surface area contributed by atoms with Gasteiger partial charge in [-0.05, 0) is 65.8 Å². The van der Waals surface area contributed by atoms with Crippen molar-refractivity contribution in [2.45, 2.75) is 31.6 Å². The molecule has 0 unspecified atom stereocenters. The molecule has 2 aromatic carbocycles. The Morgan fingerprint density at radius 3 is 1.86 bits per heavy atom. The molecule has 0 heterocycles. The SMILES string of the molecule is CC1(CCCCOC([NH-])=O)c2cc(Br)ccc2-c2ccc(Br)cc21.[CH3-].[CH3-].[CH3-].[Ce+4]. The molecule has 0 fully saturated rings. The van der Waals surface area contributed by atoms with Crippen molar-refractivity contribution in [3.8, 4) is 11.1 Å². The first-order chi connectivity index (χ1) is 11.4. The minimum atomic E-state index is -0.953. The van der Waals surface area contributed by atoms with Crippen LogP contribution in [0.15, 0.2) is 45.3 Å². The molecule has 0 atom stereocenters. The maximum atomic E-state index is 10.6. The Kier molecular flexibility index (Phi) is 13.7. The van der Waals surface area contributed by atoms with Crippen molar-refractivity contribution in [3.63, 3.8) is 0 Å². The molecule has 6 heteroatoms. The number of ether oxygens (including phenoxy) is 1. The summed E-state index contributed by atoms with van der Waals surface area (Å²) in [7, 11) is 0. The number of unbranched alkanes of at least 4 members (excludes halogenated alkanes) is 1. The Morgan fingerprint density at radius 2 is 1.43 bits per heavy atom. The van der Waals surface area contributed by atoms with Crippen molar-refractivity contribution in [3.05, 3.63) is 84.5 Å². The van der Waals surface area contributed by atoms with Gasteiger partial charge in [-0.15, -0.1) is 0 Å². The Morgan fingerprint density at radius 1 is 0.964 bits per heavy atom. The van der Waals surface area contributed by atoms with E-state index in [1.807, 2.05) is 0 Å². The third-order valence-corrected chi connectivity index (χ3v) is 5.73. The van der Waals surface area contributed by atoms with Gasteiger partial charge in [-0.3, -0.25) is 4.79 Å². The Balaban J connectivity index is 0. The van der Waals surface area contributed by atoms with Gasteiger partial charge in [0, 0.05) is 14.4 Å². The minimum Gasteiger partial charge on any atom is -0.632 e. The molecular formula is C22H27Br2CeNO2. The second-order valence-corrected chi connectivity index (χ2v) is 8.14. The average Bonchev–Trinajstić information content (AvgIpc) is 2.76. The molecule has 3 nitrogen and oxygen atoms in total. The molecule has 1 aliphatic rings. The molecule has 0 saturated heterocycles. The van der Waals surface area contributed by atoms with Crippen molar-refractivity contribution in [1.29, 1.82) is 0 Å². The number of amides is 1. The molecule has 0 radical (unpaired) electrons. The van der Waals surface area contributed by atoms with E-state index in [1.165, 1.54) is 22.3 Å². The van der Waals surface area contributed by atoms with Crippen LogP contribution in [0.4, 0.5) is 4.79 Å². The van der Waals surface area contributed by atoms with Gasteiger partial charge in [-0.2, -0.15) is 0 Å². The Bertz CT molecular complexity index is 745. The number of rotatable bonds is 5. The molecule has 0 bridgehead atoms. The maximum absolute atomic E-state index is 10.6. The standard InChI is InChI=1S/C19H19Br2NO2.3CH3.Ce/c1-19(8-2-3-9-24-18(22)23)16-10-12(20)4-6-14(16)15-7-5-13(21)11-17(15)19;;;;/h4-7,10-11H,2-3,8-9H2,1H3,(H2,22,23);3*1H3;/q;3*-1;+4/p-1. The number of hydrogen-bond donors (Lipinski definition) is 0. The molecule has 1 N–H and O–H groups in total. The number of halogens is 2. The van der Waals surface area contributed by atoms with Crippen LogP contribution in [-0.2, 0) is 10.2 Å². The van der Waals surface area contributed by atoms with Gasteiger partial charge in [0.1, 0.15) is 0 Å². The molecule has 28 heavy (non-hydrogen) atoms. The first-order valence-electron chi connectivity index (χ1n) is 7.90. The molecule has 0 saturated carbocycles. The largest absolute Gasteiger partial charge is 4.00 e. The molecule has 3 rings (SSSR count). The summed E-state index contributed by atoms with van der Waals surface area (Å²) in [6.07, 6.45) is 1.72. The number of carbonyl (C=O) groups excluding carboxylic acids is 1. The van der Waals surface area contributed by atoms with Crippen molar-refractivity contribution in [2.24, 2.45) is 0 Å². The summed E-state index contributed by atoms with van der Waals surface area (Å²) in [5.74, 6) is 0. The second kappa shape index (κ2) is 12.7. The van der Waals surface area contributed by atoms with Crippen LogP contribution < -0.4 is 0 Å². The zero-order valence-electron chi connectivity index (χ0n) is 16.9. The van der Waals surface area contributed by atoms with E-state index in [4.69, 9.17) is 10.5 Å². The molecule has 0 aliphatic heterocycles. The van der Waals surface area contributed by atoms with Crippen LogP contribution in [0.3, 0.4) is 0 Å². The molecule has 150 valence electrons. The molecule has 0 aromatic heterocycles. The third-order valence-electron chi connectivity index (χ3n) is 4.75. The Labute approximate surface area is 220 Å². The topological polar surface area (TPSA) is 50.1 Å². The third kappa shape index (κ3) is 6.27. The first-order valence-corrected chi connectivity index (χ1v) is 9.49. The number of nitrogens with one attached hydrogen (secondary N) is 1. The fourth-order valence-corrected chi connectivity index (χ4v) is 4.30. The smallest absolute Gasteiger partial charge is 0.632 e. The van der Waals surface area contributed by atoms with Gasteiger partial charge in [0.05, 0.1) is 6.61 Å². The van der Waals surface area contributed by atoms with E-state index in [0.29, 0.717) is 6.61 Å². The number of carbonyl (C=O) groups is 1. The van der Waals surface area contributed by atoms with Gasteiger partial charge < -0.3 is 32.8 Å². The van der Waals surface area contributed by atoms with Gasteiger partial charge in [0.2, 0.25) is 6.09 Å². The van der Waals surface area contributed by atoms with E-state index in [-0.39, 0.29) is 69.4 Å². The fourth-order valence-electron chi connectivity index (χ4n) is 3.58. The normalized spacial score (nSPS) is 12.1. The zero-order valence-corrected chi connectivity index (χ0v) is 23.2. The van der Waals surface area contributed by atoms with Crippen LogP contribution in [0.1, 0.15) is 37.3 Å². The average molecular weight is 637 g/mol. The first kappa shape index (κ1) is 30.2. The number of fused-ring (bicyclic) bond motifs is 3. The summed E-state index contributed by atoms with van der Waals surface area (Å²) in [6.45, 7) is 2.60. The van der Waals surface area contributed by atoms with Crippen LogP contribution in [0.2, 0.25) is 0 Å². The summed E-state index contributed by atoms with van der Waals surface area (Å²) in [6, 6.07) is 13.0. The summed E-state index contributed by atoms with van der Waals surface area (Å²) in [5.41, 5.74) is 12.0. The van der Waals surface area contributed by atoms with Crippen molar-refractivity contribution in [1.82, 2.24) is 0 Å². The predicted octanol–water partition coefficient (Wildman–Crippen LogP) is 8.21. The monoisotopic (exact) mass is 635 g/mol. The van der Waals surface area contributed by atoms with E-state index in [2.05, 4.69) is 75.2 Å². The van der Waals surface area contributed by atoms with Gasteiger partial charge >= 0.3 is 41.7 Å². The molecular weight excluding hydrogens is 610 g/mol. The number of benzene rings is 2. The van der Waals surface area contributed by atoms with Crippen LogP contribution in [-0.4, -0.2) is 12.7 Å². The molecule has 0 spiro atoms. The van der Waals surface area contributed by atoms with Crippen LogP contribution >= 0.6 is 31.9 Å². The van der Waals surface area contributed by atoms with Crippen molar-refractivity contribution < 1.29 is 51.3 Å². The maximum Gasteiger partial charge on any atom is 4.00 e. The fraction of sp³-hybridized carbons (Fsp3) is 0.273. The quantitative estimate of drug-likeness (QED) is 0.245. The minimum absolute atomic E-state index is 0. The Hall–Kier alpha value is 0.0466. The van der Waals surface area contributed by atoms with Crippen molar-refractivity contribution >= 4 is 38.0 Å². The van der Waals surface area contributed by atoms with Gasteiger partial charge in [0.15, 0.2) is 0 Å². The second-order valence-electron chi connectivity index (χ2n) is 6.30. The number of hydrogen-bond acceptors (Lipinski definition) is 2. The summed E-state index contributed by atoms with van der Waals surface area (Å²) in [5, 5.41) is 0. The van der Waals surface area contributed by atoms with E-state index < -0.39 is 6.09 Å². The van der Waals surface area contributed by atoms with Crippen LogP contribution in [0.5, 0.6) is 0 Å². The van der Waals surface area contributed by atoms with Crippen LogP contribution in [0.25, 0.3) is 16.9 Å². The van der Waals surface area contributed by atoms with Gasteiger partial charge in [-0.1, -0.05) is 50.9 Å². The van der Waals surface area contributed by atoms with Crippen LogP contribution in [0, 0.1) is 64.0 Å². The van der Waals surface area contributed by atoms with Gasteiger partial charge in [-0.25, -0.2) is 0 Å². The van der Waals surface area contributed by atoms with Crippen molar-refractivity contribution in [2.75, 3.05) is 6.61 Å². The molecule has 1 aliphatic carbocycles. The van der Waals surface area contributed by atoms with Gasteiger partial charge in [0.25, 0.3) is 0 Å².